The van der Waals surface area contributed by atoms with E-state index in [4.69, 9.17) is 5.11 Å². The third-order valence-corrected chi connectivity index (χ3v) is 1.51. The second-order valence-electron chi connectivity index (χ2n) is 2.68. The van der Waals surface area contributed by atoms with Gasteiger partial charge in [0.05, 0.1) is 0 Å². The first kappa shape index (κ1) is 9.67. The van der Waals surface area contributed by atoms with Crippen LogP contribution in [0.4, 0.5) is 0 Å². The van der Waals surface area contributed by atoms with Crippen molar-refractivity contribution >= 4 is 11.8 Å². The highest BCUT2D eigenvalue weighted by molar-refractivity contribution is 5.98. The number of allylic oxidation sites excluding steroid dienone is 4. The Bertz CT molecular complexity index is 286. The minimum atomic E-state index is -1.21. The molecule has 1 atom stereocenters. The lowest BCUT2D eigenvalue weighted by atomic mass is 10.1. The van der Waals surface area contributed by atoms with Crippen LogP contribution in [0, 0.1) is 0 Å². The van der Waals surface area contributed by atoms with Gasteiger partial charge in [0, 0.05) is 6.42 Å². The maximum absolute atomic E-state index is 11.1. The van der Waals surface area contributed by atoms with Gasteiger partial charge in [-0.25, -0.2) is 4.79 Å². The summed E-state index contributed by atoms with van der Waals surface area (Å²) in [5.41, 5.74) is 0. The Hall–Kier alpha value is -1.42. The molecule has 1 aliphatic rings. The van der Waals surface area contributed by atoms with Gasteiger partial charge in [0.1, 0.15) is 6.10 Å². The molecule has 1 unspecified atom stereocenters. The van der Waals surface area contributed by atoms with E-state index < -0.39 is 12.1 Å². The van der Waals surface area contributed by atoms with Gasteiger partial charge >= 0.3 is 5.97 Å². The molecule has 1 N–H and O–H groups in total. The standard InChI is InChI=1S/C9H10O4/c1-6(10)9(12)13-8-5-3-2-4-7(8)11/h2-3,5-6,10H,4H2,1H3. The van der Waals surface area contributed by atoms with Crippen molar-refractivity contribution < 1.29 is 19.4 Å². The molecule has 0 spiro atoms. The van der Waals surface area contributed by atoms with Crippen LogP contribution in [0.25, 0.3) is 0 Å². The van der Waals surface area contributed by atoms with Crippen LogP contribution in [0.5, 0.6) is 0 Å². The van der Waals surface area contributed by atoms with Gasteiger partial charge in [-0.2, -0.15) is 0 Å². The molecule has 0 saturated carbocycles. The number of carbonyl (C=O) groups is 2. The van der Waals surface area contributed by atoms with E-state index in [0.29, 0.717) is 0 Å². The second kappa shape index (κ2) is 4.00. The number of esters is 1. The lowest BCUT2D eigenvalue weighted by Gasteiger charge is -2.09. The lowest BCUT2D eigenvalue weighted by Crippen LogP contribution is -2.21. The number of hydrogen-bond donors (Lipinski definition) is 1. The quantitative estimate of drug-likeness (QED) is 0.625. The second-order valence-corrected chi connectivity index (χ2v) is 2.68. The van der Waals surface area contributed by atoms with E-state index in [1.807, 2.05) is 0 Å². The zero-order valence-corrected chi connectivity index (χ0v) is 7.19. The Morgan fingerprint density at radius 2 is 2.38 bits per heavy atom. The lowest BCUT2D eigenvalue weighted by molar-refractivity contribution is -0.150. The number of rotatable bonds is 2. The fourth-order valence-electron chi connectivity index (χ4n) is 0.809. The molecule has 0 amide bonds. The highest BCUT2D eigenvalue weighted by Gasteiger charge is 2.18. The van der Waals surface area contributed by atoms with Crippen molar-refractivity contribution in [3.05, 3.63) is 24.0 Å². The van der Waals surface area contributed by atoms with Gasteiger partial charge in [0.25, 0.3) is 0 Å². The summed E-state index contributed by atoms with van der Waals surface area (Å²) < 4.78 is 4.64. The van der Waals surface area contributed by atoms with E-state index in [1.54, 1.807) is 12.2 Å². The summed E-state index contributed by atoms with van der Waals surface area (Å²) in [6.45, 7) is 1.28. The van der Waals surface area contributed by atoms with Crippen LogP contribution < -0.4 is 0 Å². The molecule has 0 aromatic carbocycles. The molecular formula is C9H10O4. The predicted molar refractivity (Wildman–Crippen MR) is 44.6 cm³/mol. The predicted octanol–water partition coefficient (Wildman–Crippen LogP) is 0.323. The molecule has 0 heterocycles. The molecule has 1 aliphatic carbocycles. The molecule has 0 saturated heterocycles. The molecular weight excluding hydrogens is 172 g/mol. The van der Waals surface area contributed by atoms with Crippen molar-refractivity contribution in [3.63, 3.8) is 0 Å². The molecule has 1 rings (SSSR count). The number of hydrogen-bond acceptors (Lipinski definition) is 4. The Morgan fingerprint density at radius 1 is 1.69 bits per heavy atom. The van der Waals surface area contributed by atoms with Gasteiger partial charge in [-0.1, -0.05) is 12.2 Å². The third kappa shape index (κ3) is 2.52. The zero-order chi connectivity index (χ0) is 9.84. The summed E-state index contributed by atoms with van der Waals surface area (Å²) in [5.74, 6) is -1.07. The van der Waals surface area contributed by atoms with Crippen LogP contribution in [0.3, 0.4) is 0 Å². The van der Waals surface area contributed by atoms with Gasteiger partial charge in [-0.05, 0) is 13.0 Å². The topological polar surface area (TPSA) is 63.6 Å². The first-order valence-corrected chi connectivity index (χ1v) is 3.91. The first-order valence-electron chi connectivity index (χ1n) is 3.91. The Balaban J connectivity index is 2.63. The van der Waals surface area contributed by atoms with Crippen molar-refractivity contribution in [2.45, 2.75) is 19.4 Å². The highest BCUT2D eigenvalue weighted by Crippen LogP contribution is 2.10. The smallest absolute Gasteiger partial charge is 0.340 e. The average molecular weight is 182 g/mol. The molecule has 13 heavy (non-hydrogen) atoms. The van der Waals surface area contributed by atoms with Crippen molar-refractivity contribution in [2.75, 3.05) is 0 Å². The first-order chi connectivity index (χ1) is 6.11. The third-order valence-electron chi connectivity index (χ3n) is 1.51. The molecule has 0 aromatic heterocycles. The van der Waals surface area contributed by atoms with Crippen LogP contribution in [-0.4, -0.2) is 23.0 Å². The number of carbonyl (C=O) groups excluding carboxylic acids is 2. The van der Waals surface area contributed by atoms with Gasteiger partial charge in [-0.3, -0.25) is 4.79 Å². The Labute approximate surface area is 75.5 Å². The summed E-state index contributed by atoms with van der Waals surface area (Å²) in [7, 11) is 0. The molecule has 0 aliphatic heterocycles. The summed E-state index contributed by atoms with van der Waals surface area (Å²) in [6, 6.07) is 0. The van der Waals surface area contributed by atoms with Crippen molar-refractivity contribution in [3.8, 4) is 0 Å². The van der Waals surface area contributed by atoms with E-state index in [1.165, 1.54) is 13.0 Å². The maximum atomic E-state index is 11.1. The number of ketones is 1. The Morgan fingerprint density at radius 3 is 2.92 bits per heavy atom. The fourth-order valence-corrected chi connectivity index (χ4v) is 0.809. The van der Waals surface area contributed by atoms with E-state index in [-0.39, 0.29) is 18.0 Å². The SMILES string of the molecule is CC(O)C(=O)OC1=CC=CCC1=O. The highest BCUT2D eigenvalue weighted by atomic mass is 16.6. The summed E-state index contributed by atoms with van der Waals surface area (Å²) >= 11 is 0. The number of ether oxygens (including phenoxy) is 1. The van der Waals surface area contributed by atoms with Crippen LogP contribution >= 0.6 is 0 Å². The summed E-state index contributed by atoms with van der Waals surface area (Å²) in [5, 5.41) is 8.81. The van der Waals surface area contributed by atoms with Crippen LogP contribution in [0.15, 0.2) is 24.0 Å². The van der Waals surface area contributed by atoms with Crippen LogP contribution in [0.2, 0.25) is 0 Å². The van der Waals surface area contributed by atoms with Crippen molar-refractivity contribution in [2.24, 2.45) is 0 Å². The Kier molecular flexibility index (Phi) is 2.97. The van der Waals surface area contributed by atoms with Gasteiger partial charge in [0.2, 0.25) is 5.78 Å². The molecule has 4 nitrogen and oxygen atoms in total. The van der Waals surface area contributed by atoms with Gasteiger partial charge in [-0.15, -0.1) is 0 Å². The normalized spacial score (nSPS) is 18.0. The van der Waals surface area contributed by atoms with Gasteiger partial charge < -0.3 is 9.84 Å². The van der Waals surface area contributed by atoms with E-state index in [9.17, 15) is 9.59 Å². The zero-order valence-electron chi connectivity index (χ0n) is 7.19. The molecule has 4 heteroatoms. The van der Waals surface area contributed by atoms with Crippen LogP contribution in [-0.2, 0) is 14.3 Å². The van der Waals surface area contributed by atoms with Crippen molar-refractivity contribution in [1.82, 2.24) is 0 Å². The minimum absolute atomic E-state index is 0.00611. The molecule has 0 radical (unpaired) electrons. The minimum Gasteiger partial charge on any atom is -0.421 e. The summed E-state index contributed by atoms with van der Waals surface area (Å²) in [6.07, 6.45) is 3.73. The van der Waals surface area contributed by atoms with Crippen molar-refractivity contribution in [1.29, 1.82) is 0 Å². The molecule has 0 aromatic rings. The van der Waals surface area contributed by atoms with E-state index >= 15 is 0 Å². The number of Topliss-reactive ketones (excluding diaryl/α,β-unsaturated/α-hetero) is 1. The molecule has 0 bridgehead atoms. The maximum Gasteiger partial charge on any atom is 0.340 e. The number of aliphatic hydroxyl groups is 1. The number of aliphatic hydroxyl groups excluding tert-OH is 1. The van der Waals surface area contributed by atoms with Gasteiger partial charge in [0.15, 0.2) is 5.76 Å². The average Bonchev–Trinajstić information content (AvgIpc) is 2.08. The van der Waals surface area contributed by atoms with E-state index in [2.05, 4.69) is 4.74 Å². The summed E-state index contributed by atoms with van der Waals surface area (Å²) in [4.78, 5) is 21.9. The fraction of sp³-hybridized carbons (Fsp3) is 0.333. The monoisotopic (exact) mass is 182 g/mol. The van der Waals surface area contributed by atoms with E-state index in [0.717, 1.165) is 0 Å². The molecule has 70 valence electrons. The van der Waals surface area contributed by atoms with Crippen LogP contribution in [0.1, 0.15) is 13.3 Å². The molecule has 0 fully saturated rings. The largest absolute Gasteiger partial charge is 0.421 e.